The van der Waals surface area contributed by atoms with Crippen LogP contribution in [0.2, 0.25) is 0 Å². The highest BCUT2D eigenvalue weighted by atomic mass is 16.5. The van der Waals surface area contributed by atoms with Gasteiger partial charge in [0.05, 0.1) is 24.5 Å². The zero-order valence-corrected chi connectivity index (χ0v) is 21.0. The van der Waals surface area contributed by atoms with Gasteiger partial charge in [0.2, 0.25) is 0 Å². The van der Waals surface area contributed by atoms with Crippen LogP contribution in [0.15, 0.2) is 115 Å². The van der Waals surface area contributed by atoms with E-state index in [9.17, 15) is 9.59 Å². The quantitative estimate of drug-likeness (QED) is 0.355. The van der Waals surface area contributed by atoms with Gasteiger partial charge in [-0.15, -0.1) is 0 Å². The molecule has 6 nitrogen and oxygen atoms in total. The maximum atomic E-state index is 14.2. The van der Waals surface area contributed by atoms with E-state index in [-0.39, 0.29) is 17.6 Å². The first-order valence-electron chi connectivity index (χ1n) is 12.7. The van der Waals surface area contributed by atoms with E-state index >= 15 is 0 Å². The molecule has 0 fully saturated rings. The van der Waals surface area contributed by atoms with Crippen LogP contribution in [-0.4, -0.2) is 23.8 Å². The third-order valence-electron chi connectivity index (χ3n) is 7.32. The van der Waals surface area contributed by atoms with Crippen LogP contribution in [0.1, 0.15) is 46.3 Å². The number of pyridine rings is 1. The lowest BCUT2D eigenvalue weighted by Crippen LogP contribution is -2.38. The molecular formula is C32H27N3O3. The van der Waals surface area contributed by atoms with E-state index < -0.39 is 6.04 Å². The molecule has 3 aromatic carbocycles. The Morgan fingerprint density at radius 3 is 2.39 bits per heavy atom. The average molecular weight is 502 g/mol. The van der Waals surface area contributed by atoms with Gasteiger partial charge in [0.1, 0.15) is 5.75 Å². The molecule has 0 bridgehead atoms. The number of methoxy groups -OCH3 is 1. The van der Waals surface area contributed by atoms with Crippen LogP contribution < -0.4 is 15.0 Å². The van der Waals surface area contributed by atoms with Gasteiger partial charge >= 0.3 is 0 Å². The zero-order valence-electron chi connectivity index (χ0n) is 21.0. The van der Waals surface area contributed by atoms with Crippen LogP contribution >= 0.6 is 0 Å². The maximum Gasteiger partial charge on any atom is 0.259 e. The number of allylic oxidation sites excluding steroid dienone is 1. The summed E-state index contributed by atoms with van der Waals surface area (Å²) in [5, 5.41) is 3.57. The Kier molecular flexibility index (Phi) is 6.22. The molecule has 2 atom stereocenters. The summed E-state index contributed by atoms with van der Waals surface area (Å²) < 4.78 is 5.32. The van der Waals surface area contributed by atoms with Crippen LogP contribution in [0.4, 0.5) is 11.4 Å². The molecule has 1 aliphatic carbocycles. The van der Waals surface area contributed by atoms with Crippen molar-refractivity contribution in [2.45, 2.75) is 24.8 Å². The van der Waals surface area contributed by atoms with Crippen LogP contribution in [0.3, 0.4) is 0 Å². The van der Waals surface area contributed by atoms with Crippen LogP contribution in [-0.2, 0) is 4.79 Å². The number of amides is 1. The number of anilines is 2. The number of ether oxygens (including phenoxy) is 1. The number of para-hydroxylation sites is 2. The van der Waals surface area contributed by atoms with Gasteiger partial charge in [-0.3, -0.25) is 19.5 Å². The summed E-state index contributed by atoms with van der Waals surface area (Å²) in [5.74, 6) is 0.640. The number of benzene rings is 3. The third kappa shape index (κ3) is 4.24. The first kappa shape index (κ1) is 23.7. The molecule has 38 heavy (non-hydrogen) atoms. The Bertz CT molecular complexity index is 1510. The molecule has 0 saturated carbocycles. The van der Waals surface area contributed by atoms with E-state index in [0.29, 0.717) is 24.0 Å². The van der Waals surface area contributed by atoms with Gasteiger partial charge in [-0.05, 0) is 65.9 Å². The summed E-state index contributed by atoms with van der Waals surface area (Å²) in [6.07, 6.45) is 4.45. The van der Waals surface area contributed by atoms with E-state index in [4.69, 9.17) is 4.74 Å². The second-order valence-electron chi connectivity index (χ2n) is 9.57. The molecule has 0 radical (unpaired) electrons. The standard InChI is InChI=1S/C32H27N3O3/c1-38-25-15-13-21(14-16-25)24-18-27-30(29(36)19-24)31(23-10-7-17-33-20-23)35(28-12-6-5-11-26(28)34-27)32(37)22-8-3-2-4-9-22/h2-17,20,24,31,34H,18-19H2,1H3/t24-,31+/m1/s1. The lowest BCUT2D eigenvalue weighted by molar-refractivity contribution is -0.116. The van der Waals surface area contributed by atoms with Crippen LogP contribution in [0, 0.1) is 0 Å². The number of hydrogen-bond donors (Lipinski definition) is 1. The van der Waals surface area contributed by atoms with E-state index in [1.54, 1.807) is 36.5 Å². The molecule has 1 aromatic heterocycles. The second-order valence-corrected chi connectivity index (χ2v) is 9.57. The number of ketones is 1. The van der Waals surface area contributed by atoms with E-state index in [0.717, 1.165) is 33.9 Å². The Hall–Kier alpha value is -4.71. The molecule has 1 amide bonds. The fraction of sp³-hybridized carbons (Fsp3) is 0.156. The van der Waals surface area contributed by atoms with Crippen molar-refractivity contribution in [2.24, 2.45) is 0 Å². The molecule has 188 valence electrons. The lowest BCUT2D eigenvalue weighted by Gasteiger charge is -2.35. The second kappa shape index (κ2) is 9.98. The Labute approximate surface area is 221 Å². The van der Waals surface area contributed by atoms with Gasteiger partial charge in [-0.25, -0.2) is 0 Å². The van der Waals surface area contributed by atoms with Crippen molar-refractivity contribution in [3.05, 3.63) is 131 Å². The van der Waals surface area contributed by atoms with E-state index in [1.807, 2.05) is 78.9 Å². The molecule has 6 rings (SSSR count). The molecule has 2 heterocycles. The number of nitrogens with one attached hydrogen (secondary N) is 1. The van der Waals surface area contributed by atoms with Crippen molar-refractivity contribution in [1.82, 2.24) is 4.98 Å². The highest BCUT2D eigenvalue weighted by molar-refractivity contribution is 6.12. The average Bonchev–Trinajstić information content (AvgIpc) is 3.12. The highest BCUT2D eigenvalue weighted by Crippen LogP contribution is 2.47. The fourth-order valence-corrected chi connectivity index (χ4v) is 5.50. The topological polar surface area (TPSA) is 71.5 Å². The Balaban J connectivity index is 1.52. The number of nitrogens with zero attached hydrogens (tertiary/aromatic N) is 2. The van der Waals surface area contributed by atoms with E-state index in [1.165, 1.54) is 0 Å². The normalized spacial score (nSPS) is 18.7. The minimum atomic E-state index is -0.619. The van der Waals surface area contributed by atoms with Crippen molar-refractivity contribution < 1.29 is 14.3 Å². The van der Waals surface area contributed by atoms with Crippen LogP contribution in [0.5, 0.6) is 5.75 Å². The van der Waals surface area contributed by atoms with Crippen molar-refractivity contribution in [3.8, 4) is 5.75 Å². The molecular weight excluding hydrogens is 474 g/mol. The predicted molar refractivity (Wildman–Crippen MR) is 147 cm³/mol. The predicted octanol–water partition coefficient (Wildman–Crippen LogP) is 6.30. The molecule has 0 saturated heterocycles. The van der Waals surface area contributed by atoms with Gasteiger partial charge in [0.25, 0.3) is 5.91 Å². The van der Waals surface area contributed by atoms with Gasteiger partial charge in [-0.2, -0.15) is 0 Å². The molecule has 6 heteroatoms. The first-order chi connectivity index (χ1) is 18.6. The van der Waals surface area contributed by atoms with Crippen molar-refractivity contribution in [2.75, 3.05) is 17.3 Å². The number of aromatic nitrogens is 1. The minimum Gasteiger partial charge on any atom is -0.497 e. The molecule has 0 unspecified atom stereocenters. The van der Waals surface area contributed by atoms with Gasteiger partial charge < -0.3 is 10.1 Å². The molecule has 1 aliphatic heterocycles. The molecule has 2 aliphatic rings. The summed E-state index contributed by atoms with van der Waals surface area (Å²) in [6, 6.07) is 28.0. The number of rotatable bonds is 4. The maximum absolute atomic E-state index is 14.2. The third-order valence-corrected chi connectivity index (χ3v) is 7.32. The van der Waals surface area contributed by atoms with Crippen molar-refractivity contribution in [1.29, 1.82) is 0 Å². The number of hydrogen-bond acceptors (Lipinski definition) is 5. The van der Waals surface area contributed by atoms with Gasteiger partial charge in [0, 0.05) is 35.6 Å². The largest absolute Gasteiger partial charge is 0.497 e. The number of carbonyl (C=O) groups excluding carboxylic acids is 2. The fourth-order valence-electron chi connectivity index (χ4n) is 5.50. The summed E-state index contributed by atoms with van der Waals surface area (Å²) in [6.45, 7) is 0. The summed E-state index contributed by atoms with van der Waals surface area (Å²) >= 11 is 0. The molecule has 4 aromatic rings. The highest BCUT2D eigenvalue weighted by Gasteiger charge is 2.42. The Morgan fingerprint density at radius 1 is 0.895 bits per heavy atom. The number of fused-ring (bicyclic) bond motifs is 1. The van der Waals surface area contributed by atoms with Crippen molar-refractivity contribution >= 4 is 23.1 Å². The number of Topliss-reactive ketones (excluding diaryl/α,β-unsaturated/α-hetero) is 1. The van der Waals surface area contributed by atoms with Gasteiger partial charge in [-0.1, -0.05) is 48.5 Å². The summed E-state index contributed by atoms with van der Waals surface area (Å²) in [7, 11) is 1.64. The number of carbonyl (C=O) groups is 2. The first-order valence-corrected chi connectivity index (χ1v) is 12.7. The summed E-state index contributed by atoms with van der Waals surface area (Å²) in [5.41, 5.74) is 5.39. The zero-order chi connectivity index (χ0) is 26.1. The SMILES string of the molecule is COc1ccc([C@H]2CC(=O)C3=C(C2)Nc2ccccc2N(C(=O)c2ccccc2)[C@H]3c2cccnc2)cc1. The van der Waals surface area contributed by atoms with Crippen LogP contribution in [0.25, 0.3) is 0 Å². The van der Waals surface area contributed by atoms with Crippen molar-refractivity contribution in [3.63, 3.8) is 0 Å². The smallest absolute Gasteiger partial charge is 0.259 e. The molecule has 1 N–H and O–H groups in total. The monoisotopic (exact) mass is 501 g/mol. The molecule has 0 spiro atoms. The summed E-state index contributed by atoms with van der Waals surface area (Å²) in [4.78, 5) is 34.3. The van der Waals surface area contributed by atoms with E-state index in [2.05, 4.69) is 10.3 Å². The lowest BCUT2D eigenvalue weighted by atomic mass is 9.78. The Morgan fingerprint density at radius 2 is 1.66 bits per heavy atom. The van der Waals surface area contributed by atoms with Gasteiger partial charge in [0.15, 0.2) is 5.78 Å². The minimum absolute atomic E-state index is 0.0118.